The van der Waals surface area contributed by atoms with Crippen LogP contribution >= 0.6 is 11.3 Å². The summed E-state index contributed by atoms with van der Waals surface area (Å²) in [6.07, 6.45) is 3.13. The molecule has 3 aromatic rings. The molecule has 0 saturated heterocycles. The average molecular weight is 342 g/mol. The fourth-order valence-electron chi connectivity index (χ4n) is 1.96. The van der Waals surface area contributed by atoms with Crippen molar-refractivity contribution in [2.45, 2.75) is 0 Å². The van der Waals surface area contributed by atoms with Gasteiger partial charge in [0.1, 0.15) is 17.0 Å². The lowest BCUT2D eigenvalue weighted by Gasteiger charge is -2.07. The predicted molar refractivity (Wildman–Crippen MR) is 92.3 cm³/mol. The number of thiazole rings is 1. The van der Waals surface area contributed by atoms with Crippen molar-refractivity contribution in [3.8, 4) is 10.6 Å². The molecular weight excluding hydrogens is 328 g/mol. The molecule has 122 valence electrons. The number of rotatable bonds is 4. The lowest BCUT2D eigenvalue weighted by molar-refractivity contribution is 0.102. The van der Waals surface area contributed by atoms with E-state index in [4.69, 9.17) is 4.42 Å². The monoisotopic (exact) mass is 342 g/mol. The molecular formula is C16H14N4O3S. The standard InChI is InChI=1S/C16H14N4O3S/c1-17-16(22)19-12-4-2-3-11(7-12)18-14(21)13-9-24-15(20-13)10-5-6-23-8-10/h2-9H,1H3,(H,18,21)(H2,17,19,22). The fraction of sp³-hybridized carbons (Fsp3) is 0.0625. The molecule has 7 nitrogen and oxygen atoms in total. The van der Waals surface area contributed by atoms with Gasteiger partial charge in [-0.1, -0.05) is 6.07 Å². The zero-order valence-corrected chi connectivity index (χ0v) is 13.5. The van der Waals surface area contributed by atoms with Crippen molar-refractivity contribution < 1.29 is 14.0 Å². The van der Waals surface area contributed by atoms with Crippen LogP contribution in [0, 0.1) is 0 Å². The molecule has 0 fully saturated rings. The summed E-state index contributed by atoms with van der Waals surface area (Å²) < 4.78 is 5.01. The molecule has 2 aromatic heterocycles. The van der Waals surface area contributed by atoms with Crippen molar-refractivity contribution in [1.29, 1.82) is 0 Å². The quantitative estimate of drug-likeness (QED) is 0.677. The molecule has 3 rings (SSSR count). The number of anilines is 2. The van der Waals surface area contributed by atoms with Crippen LogP contribution in [0.3, 0.4) is 0 Å². The highest BCUT2D eigenvalue weighted by atomic mass is 32.1. The number of furan rings is 1. The Morgan fingerprint density at radius 1 is 1.17 bits per heavy atom. The number of aromatic nitrogens is 1. The first kappa shape index (κ1) is 15.8. The molecule has 8 heteroatoms. The van der Waals surface area contributed by atoms with E-state index in [1.165, 1.54) is 18.4 Å². The summed E-state index contributed by atoms with van der Waals surface area (Å²) >= 11 is 1.36. The van der Waals surface area contributed by atoms with Gasteiger partial charge in [-0.15, -0.1) is 11.3 Å². The van der Waals surface area contributed by atoms with Crippen LogP contribution in [0.15, 0.2) is 52.7 Å². The van der Waals surface area contributed by atoms with Gasteiger partial charge in [0.05, 0.1) is 6.26 Å². The van der Waals surface area contributed by atoms with Crippen molar-refractivity contribution >= 4 is 34.6 Å². The second-order valence-corrected chi connectivity index (χ2v) is 5.65. The third-order valence-corrected chi connectivity index (χ3v) is 4.00. The van der Waals surface area contributed by atoms with Gasteiger partial charge >= 0.3 is 6.03 Å². The Hall–Kier alpha value is -3.13. The second-order valence-electron chi connectivity index (χ2n) is 4.79. The molecule has 0 radical (unpaired) electrons. The third-order valence-electron chi connectivity index (χ3n) is 3.11. The van der Waals surface area contributed by atoms with Gasteiger partial charge in [-0.25, -0.2) is 9.78 Å². The molecule has 0 bridgehead atoms. The van der Waals surface area contributed by atoms with Gasteiger partial charge in [0.25, 0.3) is 5.91 Å². The van der Waals surface area contributed by atoms with E-state index in [0.717, 1.165) is 5.56 Å². The van der Waals surface area contributed by atoms with E-state index in [1.54, 1.807) is 48.2 Å². The summed E-state index contributed by atoms with van der Waals surface area (Å²) in [7, 11) is 1.53. The maximum Gasteiger partial charge on any atom is 0.318 e. The first-order valence-electron chi connectivity index (χ1n) is 7.04. The van der Waals surface area contributed by atoms with E-state index in [0.29, 0.717) is 22.1 Å². The molecule has 3 amide bonds. The van der Waals surface area contributed by atoms with Gasteiger partial charge in [0.15, 0.2) is 0 Å². The lowest BCUT2D eigenvalue weighted by atomic mass is 10.2. The highest BCUT2D eigenvalue weighted by Crippen LogP contribution is 2.24. The minimum atomic E-state index is -0.331. The van der Waals surface area contributed by atoms with Gasteiger partial charge < -0.3 is 20.4 Å². The Morgan fingerprint density at radius 3 is 2.67 bits per heavy atom. The smallest absolute Gasteiger partial charge is 0.318 e. The zero-order chi connectivity index (χ0) is 16.9. The molecule has 0 unspecified atom stereocenters. The Balaban J connectivity index is 1.71. The summed E-state index contributed by atoms with van der Waals surface area (Å²) in [5, 5.41) is 10.3. The van der Waals surface area contributed by atoms with Crippen molar-refractivity contribution in [3.63, 3.8) is 0 Å². The summed E-state index contributed by atoms with van der Waals surface area (Å²) in [6.45, 7) is 0. The van der Waals surface area contributed by atoms with Crippen molar-refractivity contribution in [2.75, 3.05) is 17.7 Å². The Kier molecular flexibility index (Phi) is 4.57. The average Bonchev–Trinajstić information content (AvgIpc) is 3.26. The van der Waals surface area contributed by atoms with E-state index in [9.17, 15) is 9.59 Å². The number of carbonyl (C=O) groups is 2. The van der Waals surface area contributed by atoms with Crippen LogP contribution in [0.1, 0.15) is 10.5 Å². The molecule has 0 spiro atoms. The molecule has 0 aliphatic carbocycles. The van der Waals surface area contributed by atoms with Crippen molar-refractivity contribution in [1.82, 2.24) is 10.3 Å². The number of hydrogen-bond acceptors (Lipinski definition) is 5. The van der Waals surface area contributed by atoms with Crippen molar-refractivity contribution in [3.05, 3.63) is 53.9 Å². The Morgan fingerprint density at radius 2 is 1.96 bits per heavy atom. The first-order valence-corrected chi connectivity index (χ1v) is 7.92. The fourth-order valence-corrected chi connectivity index (χ4v) is 2.75. The number of amides is 3. The number of benzene rings is 1. The SMILES string of the molecule is CNC(=O)Nc1cccc(NC(=O)c2csc(-c3ccoc3)n2)c1. The highest BCUT2D eigenvalue weighted by molar-refractivity contribution is 7.13. The molecule has 2 heterocycles. The summed E-state index contributed by atoms with van der Waals surface area (Å²) in [5.74, 6) is -0.321. The maximum absolute atomic E-state index is 12.3. The Bertz CT molecular complexity index is 858. The zero-order valence-electron chi connectivity index (χ0n) is 12.7. The van der Waals surface area contributed by atoms with E-state index in [1.807, 2.05) is 0 Å². The predicted octanol–water partition coefficient (Wildman–Crippen LogP) is 3.41. The van der Waals surface area contributed by atoms with E-state index >= 15 is 0 Å². The third kappa shape index (κ3) is 3.61. The largest absolute Gasteiger partial charge is 0.472 e. The number of carbonyl (C=O) groups excluding carboxylic acids is 2. The van der Waals surface area contributed by atoms with Crippen LogP contribution in [-0.2, 0) is 0 Å². The number of urea groups is 1. The number of hydrogen-bond donors (Lipinski definition) is 3. The minimum Gasteiger partial charge on any atom is -0.472 e. The van der Waals surface area contributed by atoms with Crippen LogP contribution < -0.4 is 16.0 Å². The van der Waals surface area contributed by atoms with Crippen molar-refractivity contribution in [2.24, 2.45) is 0 Å². The molecule has 0 saturated carbocycles. The van der Waals surface area contributed by atoms with E-state index in [2.05, 4.69) is 20.9 Å². The number of nitrogens with one attached hydrogen (secondary N) is 3. The molecule has 3 N–H and O–H groups in total. The van der Waals surface area contributed by atoms with Crippen LogP contribution in [-0.4, -0.2) is 24.0 Å². The molecule has 24 heavy (non-hydrogen) atoms. The normalized spacial score (nSPS) is 10.2. The summed E-state index contributed by atoms with van der Waals surface area (Å²) in [4.78, 5) is 27.9. The van der Waals surface area contributed by atoms with Gasteiger partial charge in [-0.3, -0.25) is 4.79 Å². The topological polar surface area (TPSA) is 96.3 Å². The molecule has 1 aromatic carbocycles. The van der Waals surface area contributed by atoms with Crippen LogP contribution in [0.5, 0.6) is 0 Å². The molecule has 0 atom stereocenters. The van der Waals surface area contributed by atoms with Crippen LogP contribution in [0.2, 0.25) is 0 Å². The minimum absolute atomic E-state index is 0.320. The van der Waals surface area contributed by atoms with E-state index in [-0.39, 0.29) is 11.9 Å². The summed E-state index contributed by atoms with van der Waals surface area (Å²) in [6, 6.07) is 8.31. The van der Waals surface area contributed by atoms with Gasteiger partial charge in [0, 0.05) is 29.4 Å². The summed E-state index contributed by atoms with van der Waals surface area (Å²) in [5.41, 5.74) is 2.29. The van der Waals surface area contributed by atoms with E-state index < -0.39 is 0 Å². The Labute approximate surface area is 141 Å². The van der Waals surface area contributed by atoms with Crippen LogP contribution in [0.4, 0.5) is 16.2 Å². The second kappa shape index (κ2) is 6.97. The van der Waals surface area contributed by atoms with Gasteiger partial charge in [-0.2, -0.15) is 0 Å². The molecule has 0 aliphatic rings. The highest BCUT2D eigenvalue weighted by Gasteiger charge is 2.13. The number of nitrogens with zero attached hydrogens (tertiary/aromatic N) is 1. The van der Waals surface area contributed by atoms with Gasteiger partial charge in [0.2, 0.25) is 0 Å². The van der Waals surface area contributed by atoms with Crippen LogP contribution in [0.25, 0.3) is 10.6 Å². The maximum atomic E-state index is 12.3. The van der Waals surface area contributed by atoms with Gasteiger partial charge in [-0.05, 0) is 24.3 Å². The molecule has 0 aliphatic heterocycles. The lowest BCUT2D eigenvalue weighted by Crippen LogP contribution is -2.24. The first-order chi connectivity index (χ1) is 11.7.